The molecule has 0 spiro atoms. The molecule has 2 heterocycles. The molecule has 2 fully saturated rings. The van der Waals surface area contributed by atoms with Crippen LogP contribution in [0, 0.1) is 0 Å². The van der Waals surface area contributed by atoms with Gasteiger partial charge >= 0.3 is 6.09 Å². The second-order valence-electron chi connectivity index (χ2n) is 6.04. The molecule has 0 aliphatic carbocycles. The summed E-state index contributed by atoms with van der Waals surface area (Å²) >= 11 is 0. The summed E-state index contributed by atoms with van der Waals surface area (Å²) in [6.45, 7) is 6.06. The van der Waals surface area contributed by atoms with Gasteiger partial charge in [0, 0.05) is 32.2 Å². The molecule has 0 aromatic heterocycles. The molecule has 1 N–H and O–H groups in total. The molecule has 136 valence electrons. The molecule has 0 unspecified atom stereocenters. The van der Waals surface area contributed by atoms with E-state index in [4.69, 9.17) is 4.74 Å². The zero-order valence-corrected chi connectivity index (χ0v) is 15.5. The Morgan fingerprint density at radius 2 is 1.67 bits per heavy atom. The number of benzene rings is 1. The summed E-state index contributed by atoms with van der Waals surface area (Å²) in [5.74, 6) is 0. The van der Waals surface area contributed by atoms with Crippen LogP contribution < -0.4 is 5.32 Å². The molecule has 1 aromatic rings. The van der Waals surface area contributed by atoms with Gasteiger partial charge in [0.2, 0.25) is 0 Å². The minimum Gasteiger partial charge on any atom is -0.445 e. The summed E-state index contributed by atoms with van der Waals surface area (Å²) in [5.41, 5.74) is 1.03. The summed E-state index contributed by atoms with van der Waals surface area (Å²) in [6.07, 6.45) is 2.26. The van der Waals surface area contributed by atoms with Crippen molar-refractivity contribution in [1.82, 2.24) is 15.1 Å². The van der Waals surface area contributed by atoms with E-state index in [-0.39, 0.29) is 30.9 Å². The van der Waals surface area contributed by atoms with Crippen LogP contribution >= 0.6 is 24.8 Å². The van der Waals surface area contributed by atoms with Gasteiger partial charge in [-0.2, -0.15) is 0 Å². The van der Waals surface area contributed by atoms with Gasteiger partial charge in [-0.25, -0.2) is 4.79 Å². The molecule has 0 saturated carbocycles. The van der Waals surface area contributed by atoms with Crippen LogP contribution in [0.3, 0.4) is 0 Å². The van der Waals surface area contributed by atoms with E-state index in [1.165, 1.54) is 12.8 Å². The van der Waals surface area contributed by atoms with E-state index in [2.05, 4.69) is 10.2 Å². The maximum Gasteiger partial charge on any atom is 0.410 e. The molecular weight excluding hydrogens is 349 g/mol. The van der Waals surface area contributed by atoms with Gasteiger partial charge < -0.3 is 15.0 Å². The summed E-state index contributed by atoms with van der Waals surface area (Å²) in [4.78, 5) is 16.5. The fourth-order valence-electron chi connectivity index (χ4n) is 3.25. The Morgan fingerprint density at radius 1 is 1.04 bits per heavy atom. The molecule has 5 nitrogen and oxygen atoms in total. The first kappa shape index (κ1) is 21.0. The highest BCUT2D eigenvalue weighted by Crippen LogP contribution is 2.15. The zero-order chi connectivity index (χ0) is 15.2. The normalized spacial score (nSPS) is 19.1. The highest BCUT2D eigenvalue weighted by molar-refractivity contribution is 5.85. The van der Waals surface area contributed by atoms with Crippen LogP contribution in [0.15, 0.2) is 30.3 Å². The summed E-state index contributed by atoms with van der Waals surface area (Å²) in [5, 5.41) is 3.40. The molecule has 0 bridgehead atoms. The van der Waals surface area contributed by atoms with E-state index >= 15 is 0 Å². The van der Waals surface area contributed by atoms with Gasteiger partial charge in [-0.3, -0.25) is 4.90 Å². The number of hydrogen-bond acceptors (Lipinski definition) is 4. The molecule has 2 aliphatic rings. The quantitative estimate of drug-likeness (QED) is 0.881. The molecule has 0 radical (unpaired) electrons. The fourth-order valence-corrected chi connectivity index (χ4v) is 3.25. The van der Waals surface area contributed by atoms with Crippen molar-refractivity contribution in [3.63, 3.8) is 0 Å². The van der Waals surface area contributed by atoms with Crippen molar-refractivity contribution in [3.8, 4) is 0 Å². The average Bonchev–Trinajstić information content (AvgIpc) is 2.61. The van der Waals surface area contributed by atoms with Crippen molar-refractivity contribution in [3.05, 3.63) is 35.9 Å². The first-order valence-electron chi connectivity index (χ1n) is 8.23. The number of nitrogens with one attached hydrogen (secondary N) is 1. The van der Waals surface area contributed by atoms with Crippen LogP contribution in [-0.2, 0) is 11.3 Å². The SMILES string of the molecule is Cl.Cl.O=C(OCc1ccccc1)N1CCN(C2CCNCC2)CC1. The molecule has 2 aliphatic heterocycles. The van der Waals surface area contributed by atoms with Crippen LogP contribution in [0.1, 0.15) is 18.4 Å². The standard InChI is InChI=1S/C17H25N3O2.2ClH/c21-17(22-14-15-4-2-1-3-5-15)20-12-10-19(11-13-20)16-6-8-18-9-7-16;;/h1-5,16,18H,6-14H2;2*1H. The molecule has 7 heteroatoms. The van der Waals surface area contributed by atoms with Gasteiger partial charge in [0.1, 0.15) is 6.61 Å². The van der Waals surface area contributed by atoms with Crippen molar-refractivity contribution in [1.29, 1.82) is 0 Å². The number of halogens is 2. The lowest BCUT2D eigenvalue weighted by Crippen LogP contribution is -2.54. The first-order chi connectivity index (χ1) is 10.8. The minimum absolute atomic E-state index is 0. The van der Waals surface area contributed by atoms with Gasteiger partial charge in [-0.05, 0) is 31.5 Å². The molecule has 1 aromatic carbocycles. The predicted octanol–water partition coefficient (Wildman–Crippen LogP) is 2.54. The highest BCUT2D eigenvalue weighted by Gasteiger charge is 2.27. The van der Waals surface area contributed by atoms with Crippen molar-refractivity contribution in [2.24, 2.45) is 0 Å². The maximum atomic E-state index is 12.1. The topological polar surface area (TPSA) is 44.8 Å². The number of nitrogens with zero attached hydrogens (tertiary/aromatic N) is 2. The van der Waals surface area contributed by atoms with E-state index in [9.17, 15) is 4.79 Å². The predicted molar refractivity (Wildman–Crippen MR) is 100 cm³/mol. The van der Waals surface area contributed by atoms with Gasteiger partial charge in [-0.1, -0.05) is 30.3 Å². The third-order valence-corrected chi connectivity index (χ3v) is 4.60. The second-order valence-corrected chi connectivity index (χ2v) is 6.04. The van der Waals surface area contributed by atoms with Crippen molar-refractivity contribution in [2.75, 3.05) is 39.3 Å². The Morgan fingerprint density at radius 3 is 2.29 bits per heavy atom. The third kappa shape index (κ3) is 5.81. The highest BCUT2D eigenvalue weighted by atomic mass is 35.5. The summed E-state index contributed by atoms with van der Waals surface area (Å²) < 4.78 is 5.41. The lowest BCUT2D eigenvalue weighted by atomic mass is 10.0. The third-order valence-electron chi connectivity index (χ3n) is 4.60. The van der Waals surface area contributed by atoms with Crippen LogP contribution in [0.5, 0.6) is 0 Å². The van der Waals surface area contributed by atoms with Crippen LogP contribution in [0.25, 0.3) is 0 Å². The number of ether oxygens (including phenoxy) is 1. The monoisotopic (exact) mass is 375 g/mol. The van der Waals surface area contributed by atoms with Crippen LogP contribution in [0.2, 0.25) is 0 Å². The van der Waals surface area contributed by atoms with Gasteiger partial charge in [0.25, 0.3) is 0 Å². The summed E-state index contributed by atoms with van der Waals surface area (Å²) in [7, 11) is 0. The van der Waals surface area contributed by atoms with E-state index in [0.29, 0.717) is 12.6 Å². The Hall–Kier alpha value is -1.01. The first-order valence-corrected chi connectivity index (χ1v) is 8.23. The van der Waals surface area contributed by atoms with Crippen LogP contribution in [-0.4, -0.2) is 61.2 Å². The van der Waals surface area contributed by atoms with Gasteiger partial charge in [-0.15, -0.1) is 24.8 Å². The van der Waals surface area contributed by atoms with E-state index < -0.39 is 0 Å². The average molecular weight is 376 g/mol. The Balaban J connectivity index is 0.00000144. The molecular formula is C17H27Cl2N3O2. The molecule has 1 amide bonds. The van der Waals surface area contributed by atoms with Crippen molar-refractivity contribution < 1.29 is 9.53 Å². The molecule has 3 rings (SSSR count). The molecule has 2 saturated heterocycles. The fraction of sp³-hybridized carbons (Fsp3) is 0.588. The van der Waals surface area contributed by atoms with E-state index in [0.717, 1.165) is 44.8 Å². The number of piperidine rings is 1. The molecule has 24 heavy (non-hydrogen) atoms. The maximum absolute atomic E-state index is 12.1. The lowest BCUT2D eigenvalue weighted by Gasteiger charge is -2.40. The Bertz CT molecular complexity index is 476. The minimum atomic E-state index is -0.186. The Kier molecular flexibility index (Phi) is 9.44. The van der Waals surface area contributed by atoms with E-state index in [1.807, 2.05) is 35.2 Å². The number of amides is 1. The van der Waals surface area contributed by atoms with E-state index in [1.54, 1.807) is 0 Å². The lowest BCUT2D eigenvalue weighted by molar-refractivity contribution is 0.0542. The smallest absolute Gasteiger partial charge is 0.410 e. The summed E-state index contributed by atoms with van der Waals surface area (Å²) in [6, 6.07) is 10.5. The van der Waals surface area contributed by atoms with Crippen LogP contribution in [0.4, 0.5) is 4.79 Å². The second kappa shape index (κ2) is 10.8. The Labute approximate surface area is 156 Å². The number of piperazine rings is 1. The van der Waals surface area contributed by atoms with Crippen molar-refractivity contribution in [2.45, 2.75) is 25.5 Å². The van der Waals surface area contributed by atoms with Gasteiger partial charge in [0.15, 0.2) is 0 Å². The molecule has 0 atom stereocenters. The number of carbonyl (C=O) groups excluding carboxylic acids is 1. The zero-order valence-electron chi connectivity index (χ0n) is 13.9. The number of carbonyl (C=O) groups is 1. The largest absolute Gasteiger partial charge is 0.445 e. The number of hydrogen-bond donors (Lipinski definition) is 1. The number of rotatable bonds is 3. The van der Waals surface area contributed by atoms with Gasteiger partial charge in [0.05, 0.1) is 0 Å². The van der Waals surface area contributed by atoms with Crippen molar-refractivity contribution >= 4 is 30.9 Å².